The van der Waals surface area contributed by atoms with Gasteiger partial charge in [-0.3, -0.25) is 9.59 Å². The molecule has 1 aromatic carbocycles. The number of halogens is 4. The van der Waals surface area contributed by atoms with E-state index in [4.69, 9.17) is 20.3 Å². The van der Waals surface area contributed by atoms with Gasteiger partial charge in [-0.25, -0.2) is 9.18 Å². The summed E-state index contributed by atoms with van der Waals surface area (Å²) in [4.78, 5) is 33.4. The fourth-order valence-electron chi connectivity index (χ4n) is 2.82. The van der Waals surface area contributed by atoms with Crippen LogP contribution >= 0.6 is 21.6 Å². The number of alkyl halides is 3. The van der Waals surface area contributed by atoms with Gasteiger partial charge in [-0.2, -0.15) is 18.4 Å². The van der Waals surface area contributed by atoms with E-state index in [1.807, 2.05) is 11.0 Å². The number of carbonyl (C=O) groups excluding carboxylic acids is 1. The van der Waals surface area contributed by atoms with E-state index in [-0.39, 0.29) is 18.2 Å². The maximum absolute atomic E-state index is 14.1. The summed E-state index contributed by atoms with van der Waals surface area (Å²) in [5, 5.41) is 27.4. The Labute approximate surface area is 201 Å². The summed E-state index contributed by atoms with van der Waals surface area (Å²) >= 11 is 0. The van der Waals surface area contributed by atoms with Gasteiger partial charge >= 0.3 is 18.1 Å². The second kappa shape index (κ2) is 14.6. The number of nitrogens with zero attached hydrogens (tertiary/aromatic N) is 2. The van der Waals surface area contributed by atoms with E-state index < -0.39 is 23.9 Å². The van der Waals surface area contributed by atoms with Crippen LogP contribution in [0.25, 0.3) is 0 Å². The minimum absolute atomic E-state index is 0.0195. The number of carboxylic acids is 2. The number of piperidine rings is 1. The molecule has 0 bridgehead atoms. The topological polar surface area (TPSA) is 131 Å². The van der Waals surface area contributed by atoms with Gasteiger partial charge in [0.05, 0.1) is 23.7 Å². The van der Waals surface area contributed by atoms with E-state index in [1.165, 1.54) is 16.9 Å². The molecule has 0 saturated carbocycles. The van der Waals surface area contributed by atoms with Gasteiger partial charge in [-0.05, 0) is 31.0 Å². The first kappa shape index (κ1) is 29.4. The van der Waals surface area contributed by atoms with Gasteiger partial charge in [0.1, 0.15) is 5.82 Å². The maximum atomic E-state index is 14.1. The highest BCUT2D eigenvalue weighted by Crippen LogP contribution is 2.26. The molecule has 0 unspecified atom stereocenters. The van der Waals surface area contributed by atoms with Gasteiger partial charge in [-0.15, -0.1) is 0 Å². The van der Waals surface area contributed by atoms with Crippen molar-refractivity contribution < 1.29 is 42.2 Å². The van der Waals surface area contributed by atoms with Crippen LogP contribution in [0.2, 0.25) is 0 Å². The summed E-state index contributed by atoms with van der Waals surface area (Å²) in [7, 11) is 3.04. The lowest BCUT2D eigenvalue weighted by Crippen LogP contribution is -2.41. The van der Waals surface area contributed by atoms with E-state index in [9.17, 15) is 27.2 Å². The molecule has 188 valence electrons. The number of rotatable bonds is 9. The fourth-order valence-corrected chi connectivity index (χ4v) is 4.71. The van der Waals surface area contributed by atoms with Crippen molar-refractivity contribution in [3.8, 4) is 6.07 Å². The molecule has 0 aliphatic carbocycles. The zero-order chi connectivity index (χ0) is 25.7. The molecule has 1 fully saturated rings. The van der Waals surface area contributed by atoms with Crippen LogP contribution in [0.15, 0.2) is 18.2 Å². The minimum atomic E-state index is -5.08. The van der Waals surface area contributed by atoms with Gasteiger partial charge in [0.25, 0.3) is 0 Å². The number of nitrogens with one attached hydrogen (secondary N) is 1. The lowest BCUT2D eigenvalue weighted by atomic mass is 9.95. The lowest BCUT2D eigenvalue weighted by Gasteiger charge is -2.33. The summed E-state index contributed by atoms with van der Waals surface area (Å²) in [5.41, 5.74) is 0.771. The van der Waals surface area contributed by atoms with Crippen LogP contribution in [0, 0.1) is 23.1 Å². The molecule has 1 saturated heterocycles. The third-order valence-electron chi connectivity index (χ3n) is 4.49. The van der Waals surface area contributed by atoms with E-state index >= 15 is 0 Å². The maximum Gasteiger partial charge on any atom is 0.490 e. The molecule has 1 aromatic rings. The molecule has 14 heteroatoms. The number of benzene rings is 1. The highest BCUT2D eigenvalue weighted by Gasteiger charge is 2.38. The average Bonchev–Trinajstić information content (AvgIpc) is 2.78. The van der Waals surface area contributed by atoms with Crippen molar-refractivity contribution in [2.45, 2.75) is 25.4 Å². The Morgan fingerprint density at radius 3 is 2.24 bits per heavy atom. The second-order valence-corrected chi connectivity index (χ2v) is 9.62. The van der Waals surface area contributed by atoms with E-state index in [0.29, 0.717) is 49.5 Å². The summed E-state index contributed by atoms with van der Waals surface area (Å²) in [6.07, 6.45) is -3.63. The predicted octanol–water partition coefficient (Wildman–Crippen LogP) is 3.52. The van der Waals surface area contributed by atoms with Gasteiger partial charge in [0.2, 0.25) is 5.91 Å². The second-order valence-electron chi connectivity index (χ2n) is 6.92. The van der Waals surface area contributed by atoms with Gasteiger partial charge in [0.15, 0.2) is 0 Å². The normalized spacial score (nSPS) is 13.9. The molecular formula is C20H23F4N3O5S2. The van der Waals surface area contributed by atoms with Crippen molar-refractivity contribution in [1.82, 2.24) is 5.32 Å². The van der Waals surface area contributed by atoms with Crippen LogP contribution in [-0.2, 0) is 14.4 Å². The number of carbonyl (C=O) groups is 3. The highest BCUT2D eigenvalue weighted by atomic mass is 33.1. The van der Waals surface area contributed by atoms with Crippen LogP contribution < -0.4 is 10.2 Å². The molecule has 3 N–H and O–H groups in total. The number of anilines is 1. The molecule has 0 radical (unpaired) electrons. The first-order valence-electron chi connectivity index (χ1n) is 9.94. The number of amides is 1. The molecule has 2 rings (SSSR count). The average molecular weight is 526 g/mol. The van der Waals surface area contributed by atoms with Crippen LogP contribution in [0.1, 0.15) is 24.8 Å². The van der Waals surface area contributed by atoms with Crippen LogP contribution in [0.5, 0.6) is 0 Å². The third-order valence-corrected chi connectivity index (χ3v) is 6.90. The fraction of sp³-hybridized carbons (Fsp3) is 0.500. The number of aliphatic carboxylic acids is 2. The smallest absolute Gasteiger partial charge is 0.481 e. The Morgan fingerprint density at radius 1 is 1.15 bits per heavy atom. The van der Waals surface area contributed by atoms with Crippen molar-refractivity contribution in [2.24, 2.45) is 5.92 Å². The first-order chi connectivity index (χ1) is 16.0. The number of hydrogen-bond donors (Lipinski definition) is 3. The Hall–Kier alpha value is -2.66. The Kier molecular flexibility index (Phi) is 12.6. The molecular weight excluding hydrogens is 502 g/mol. The molecule has 1 heterocycles. The Bertz CT molecular complexity index is 888. The SMILES string of the molecule is N#Cc1ccc(N2CCC(C(=O)NCCSSCCC(=O)O)CC2)c(F)c1.O=C(O)C(F)(F)F. The number of nitriles is 1. The molecule has 1 amide bonds. The van der Waals surface area contributed by atoms with Crippen LogP contribution in [0.4, 0.5) is 23.2 Å². The van der Waals surface area contributed by atoms with Crippen LogP contribution in [0.3, 0.4) is 0 Å². The largest absolute Gasteiger partial charge is 0.490 e. The summed E-state index contributed by atoms with van der Waals surface area (Å²) in [6, 6.07) is 6.38. The van der Waals surface area contributed by atoms with Crippen LogP contribution in [-0.4, -0.2) is 65.4 Å². The lowest BCUT2D eigenvalue weighted by molar-refractivity contribution is -0.192. The van der Waals surface area contributed by atoms with E-state index in [1.54, 1.807) is 22.9 Å². The standard InChI is InChI=1S/C18H22FN3O3S2.C2HF3O2/c19-15-11-13(12-20)1-2-16(15)22-7-3-14(4-8-22)18(25)21-6-10-27-26-9-5-17(23)24;3-2(4,5)1(6)7/h1-2,11,14H,3-10H2,(H,21,25)(H,23,24);(H,6,7). The van der Waals surface area contributed by atoms with Crippen molar-refractivity contribution in [3.63, 3.8) is 0 Å². The van der Waals surface area contributed by atoms with E-state index in [0.717, 1.165) is 5.75 Å². The predicted molar refractivity (Wildman–Crippen MR) is 120 cm³/mol. The summed E-state index contributed by atoms with van der Waals surface area (Å²) < 4.78 is 45.8. The monoisotopic (exact) mass is 525 g/mol. The zero-order valence-electron chi connectivity index (χ0n) is 17.8. The quantitative estimate of drug-likeness (QED) is 0.252. The minimum Gasteiger partial charge on any atom is -0.481 e. The third kappa shape index (κ3) is 11.0. The number of carboxylic acid groups (broad SMARTS) is 2. The van der Waals surface area contributed by atoms with Crippen molar-refractivity contribution in [2.75, 3.05) is 36.0 Å². The highest BCUT2D eigenvalue weighted by molar-refractivity contribution is 8.76. The Balaban J connectivity index is 0.000000718. The molecule has 8 nitrogen and oxygen atoms in total. The molecule has 0 aromatic heterocycles. The van der Waals surface area contributed by atoms with Gasteiger partial charge < -0.3 is 20.4 Å². The molecule has 0 atom stereocenters. The summed E-state index contributed by atoms with van der Waals surface area (Å²) in [6.45, 7) is 1.75. The molecule has 1 aliphatic rings. The first-order valence-corrected chi connectivity index (χ1v) is 12.4. The molecule has 1 aliphatic heterocycles. The molecule has 0 spiro atoms. The zero-order valence-corrected chi connectivity index (χ0v) is 19.4. The van der Waals surface area contributed by atoms with E-state index in [2.05, 4.69) is 5.32 Å². The Morgan fingerprint density at radius 2 is 1.74 bits per heavy atom. The van der Waals surface area contributed by atoms with Crippen molar-refractivity contribution >= 4 is 45.1 Å². The molecule has 34 heavy (non-hydrogen) atoms. The van der Waals surface area contributed by atoms with Crippen molar-refractivity contribution in [3.05, 3.63) is 29.6 Å². The van der Waals surface area contributed by atoms with Gasteiger partial charge in [0, 0.05) is 37.1 Å². The summed E-state index contributed by atoms with van der Waals surface area (Å²) in [5.74, 6) is -2.74. The number of hydrogen-bond acceptors (Lipinski definition) is 7. The van der Waals surface area contributed by atoms with Crippen molar-refractivity contribution in [1.29, 1.82) is 5.26 Å². The van der Waals surface area contributed by atoms with Gasteiger partial charge in [-0.1, -0.05) is 21.6 Å².